The lowest BCUT2D eigenvalue weighted by Gasteiger charge is -2.44. The van der Waals surface area contributed by atoms with Gasteiger partial charge in [0, 0.05) is 26.3 Å². The van der Waals surface area contributed by atoms with Gasteiger partial charge in [0.05, 0.1) is 0 Å². The molecule has 2 aliphatic heterocycles. The van der Waals surface area contributed by atoms with Crippen LogP contribution in [0.25, 0.3) is 0 Å². The minimum absolute atomic E-state index is 0.166. The molecule has 1 amide bonds. The largest absolute Gasteiger partial charge is 0.444 e. The number of amides is 1. The third-order valence-electron chi connectivity index (χ3n) is 3.49. The third-order valence-corrected chi connectivity index (χ3v) is 3.49. The molecule has 2 aliphatic rings. The molecule has 2 rings (SSSR count). The highest BCUT2D eigenvalue weighted by Gasteiger charge is 2.38. The van der Waals surface area contributed by atoms with Crippen LogP contribution in [-0.4, -0.2) is 42.9 Å². The second-order valence-electron chi connectivity index (χ2n) is 6.10. The molecule has 4 nitrogen and oxygen atoms in total. The van der Waals surface area contributed by atoms with Crippen LogP contribution < -0.4 is 0 Å². The van der Waals surface area contributed by atoms with Gasteiger partial charge in [-0.2, -0.15) is 0 Å². The Bertz CT molecular complexity index is 273. The summed E-state index contributed by atoms with van der Waals surface area (Å²) < 4.78 is 10.7. The zero-order valence-electron chi connectivity index (χ0n) is 11.1. The molecule has 0 aliphatic carbocycles. The number of carbonyl (C=O) groups excluding carboxylic acids is 1. The molecule has 0 aromatic heterocycles. The van der Waals surface area contributed by atoms with E-state index < -0.39 is 0 Å². The molecule has 0 aromatic rings. The Hall–Kier alpha value is -0.770. The molecule has 4 heteroatoms. The first-order chi connectivity index (χ1) is 7.96. The van der Waals surface area contributed by atoms with E-state index >= 15 is 0 Å². The lowest BCUT2D eigenvalue weighted by molar-refractivity contribution is -0.0292. The lowest BCUT2D eigenvalue weighted by atomic mass is 9.81. The molecular formula is C13H23NO3. The fourth-order valence-electron chi connectivity index (χ4n) is 2.47. The van der Waals surface area contributed by atoms with Crippen LogP contribution in [0.15, 0.2) is 0 Å². The highest BCUT2D eigenvalue weighted by atomic mass is 16.6. The van der Waals surface area contributed by atoms with Gasteiger partial charge in [-0.05, 0) is 45.4 Å². The van der Waals surface area contributed by atoms with Crippen molar-refractivity contribution in [1.82, 2.24) is 4.90 Å². The summed E-state index contributed by atoms with van der Waals surface area (Å²) >= 11 is 0. The first-order valence-corrected chi connectivity index (χ1v) is 6.51. The SMILES string of the molecule is CC(C)(C)OC(=O)N1CC(C2CCOCC2)C1. The van der Waals surface area contributed by atoms with Crippen molar-refractivity contribution in [2.45, 2.75) is 39.2 Å². The van der Waals surface area contributed by atoms with Gasteiger partial charge >= 0.3 is 6.09 Å². The van der Waals surface area contributed by atoms with Gasteiger partial charge in [-0.3, -0.25) is 0 Å². The molecule has 98 valence electrons. The van der Waals surface area contributed by atoms with Gasteiger partial charge in [0.25, 0.3) is 0 Å². The standard InChI is InChI=1S/C13H23NO3/c1-13(2,3)17-12(15)14-8-11(9-14)10-4-6-16-7-5-10/h10-11H,4-9H2,1-3H3. The highest BCUT2D eigenvalue weighted by Crippen LogP contribution is 2.31. The Kier molecular flexibility index (Phi) is 3.61. The van der Waals surface area contributed by atoms with Crippen LogP contribution in [0.4, 0.5) is 4.79 Å². The summed E-state index contributed by atoms with van der Waals surface area (Å²) in [6, 6.07) is 0. The van der Waals surface area contributed by atoms with E-state index in [1.165, 1.54) is 0 Å². The van der Waals surface area contributed by atoms with Crippen molar-refractivity contribution in [1.29, 1.82) is 0 Å². The zero-order valence-corrected chi connectivity index (χ0v) is 11.1. The Labute approximate surface area is 103 Å². The maximum atomic E-state index is 11.7. The Morgan fingerprint density at radius 2 is 1.76 bits per heavy atom. The molecule has 0 spiro atoms. The van der Waals surface area contributed by atoms with Crippen LogP contribution in [0.1, 0.15) is 33.6 Å². The number of nitrogens with zero attached hydrogens (tertiary/aromatic N) is 1. The van der Waals surface area contributed by atoms with Crippen molar-refractivity contribution >= 4 is 6.09 Å². The van der Waals surface area contributed by atoms with Crippen LogP contribution in [0.2, 0.25) is 0 Å². The maximum Gasteiger partial charge on any atom is 0.410 e. The van der Waals surface area contributed by atoms with Crippen molar-refractivity contribution in [2.24, 2.45) is 11.8 Å². The molecule has 17 heavy (non-hydrogen) atoms. The third kappa shape index (κ3) is 3.35. The average Bonchev–Trinajstić information content (AvgIpc) is 2.14. The number of likely N-dealkylation sites (tertiary alicyclic amines) is 1. The molecule has 0 atom stereocenters. The minimum atomic E-state index is -0.388. The molecule has 0 aromatic carbocycles. The van der Waals surface area contributed by atoms with Crippen molar-refractivity contribution in [3.8, 4) is 0 Å². The molecule has 2 heterocycles. The van der Waals surface area contributed by atoms with Crippen molar-refractivity contribution in [2.75, 3.05) is 26.3 Å². The summed E-state index contributed by atoms with van der Waals surface area (Å²) in [7, 11) is 0. The van der Waals surface area contributed by atoms with E-state index in [2.05, 4.69) is 0 Å². The first kappa shape index (κ1) is 12.7. The van der Waals surface area contributed by atoms with Gasteiger partial charge in [-0.1, -0.05) is 0 Å². The highest BCUT2D eigenvalue weighted by molar-refractivity contribution is 5.69. The van der Waals surface area contributed by atoms with E-state index in [9.17, 15) is 4.79 Å². The predicted octanol–water partition coefficient (Wildman–Crippen LogP) is 2.28. The maximum absolute atomic E-state index is 11.7. The summed E-state index contributed by atoms with van der Waals surface area (Å²) in [6.45, 7) is 9.20. The summed E-state index contributed by atoms with van der Waals surface area (Å²) in [5.74, 6) is 1.40. The van der Waals surface area contributed by atoms with Gasteiger partial charge in [0.2, 0.25) is 0 Å². The minimum Gasteiger partial charge on any atom is -0.444 e. The summed E-state index contributed by atoms with van der Waals surface area (Å²) in [4.78, 5) is 13.6. The van der Waals surface area contributed by atoms with Gasteiger partial charge < -0.3 is 14.4 Å². The predicted molar refractivity (Wildman–Crippen MR) is 64.8 cm³/mol. The second kappa shape index (κ2) is 4.84. The normalized spacial score (nSPS) is 23.4. The number of rotatable bonds is 1. The summed E-state index contributed by atoms with van der Waals surface area (Å²) in [5.41, 5.74) is -0.388. The van der Waals surface area contributed by atoms with Gasteiger partial charge in [0.1, 0.15) is 5.60 Å². The van der Waals surface area contributed by atoms with Crippen molar-refractivity contribution in [3.63, 3.8) is 0 Å². The van der Waals surface area contributed by atoms with E-state index in [1.807, 2.05) is 25.7 Å². The van der Waals surface area contributed by atoms with Crippen LogP contribution in [-0.2, 0) is 9.47 Å². The van der Waals surface area contributed by atoms with Crippen LogP contribution in [0, 0.1) is 11.8 Å². The Morgan fingerprint density at radius 1 is 1.18 bits per heavy atom. The van der Waals surface area contributed by atoms with Crippen LogP contribution >= 0.6 is 0 Å². The number of hydrogen-bond donors (Lipinski definition) is 0. The summed E-state index contributed by atoms with van der Waals surface area (Å²) in [5, 5.41) is 0. The second-order valence-corrected chi connectivity index (χ2v) is 6.10. The van der Waals surface area contributed by atoms with E-state index in [0.29, 0.717) is 5.92 Å². The van der Waals surface area contributed by atoms with Crippen LogP contribution in [0.5, 0.6) is 0 Å². The quantitative estimate of drug-likeness (QED) is 0.707. The first-order valence-electron chi connectivity index (χ1n) is 6.51. The topological polar surface area (TPSA) is 38.8 Å². The molecule has 2 saturated heterocycles. The van der Waals surface area contributed by atoms with Gasteiger partial charge in [0.15, 0.2) is 0 Å². The molecule has 0 saturated carbocycles. The van der Waals surface area contributed by atoms with Gasteiger partial charge in [-0.25, -0.2) is 4.79 Å². The van der Waals surface area contributed by atoms with E-state index in [4.69, 9.17) is 9.47 Å². The van der Waals surface area contributed by atoms with E-state index in [-0.39, 0.29) is 11.7 Å². The molecular weight excluding hydrogens is 218 g/mol. The molecule has 0 radical (unpaired) electrons. The lowest BCUT2D eigenvalue weighted by Crippen LogP contribution is -2.54. The smallest absolute Gasteiger partial charge is 0.410 e. The monoisotopic (exact) mass is 241 g/mol. The number of ether oxygens (including phenoxy) is 2. The number of carbonyl (C=O) groups is 1. The fraction of sp³-hybridized carbons (Fsp3) is 0.923. The van der Waals surface area contributed by atoms with Gasteiger partial charge in [-0.15, -0.1) is 0 Å². The molecule has 0 bridgehead atoms. The molecule has 2 fully saturated rings. The average molecular weight is 241 g/mol. The Balaban J connectivity index is 1.72. The van der Waals surface area contributed by atoms with E-state index in [0.717, 1.165) is 45.1 Å². The zero-order chi connectivity index (χ0) is 12.5. The number of hydrogen-bond acceptors (Lipinski definition) is 3. The molecule has 0 N–H and O–H groups in total. The summed E-state index contributed by atoms with van der Waals surface area (Å²) in [6.07, 6.45) is 2.13. The van der Waals surface area contributed by atoms with Crippen LogP contribution in [0.3, 0.4) is 0 Å². The van der Waals surface area contributed by atoms with Crippen molar-refractivity contribution < 1.29 is 14.3 Å². The molecule has 0 unspecified atom stereocenters. The van der Waals surface area contributed by atoms with Crippen molar-refractivity contribution in [3.05, 3.63) is 0 Å². The van der Waals surface area contributed by atoms with E-state index in [1.54, 1.807) is 0 Å². The fourth-order valence-corrected chi connectivity index (χ4v) is 2.47. The Morgan fingerprint density at radius 3 is 2.29 bits per heavy atom.